The van der Waals surface area contributed by atoms with E-state index in [9.17, 15) is 24.4 Å². The molecule has 232 valence electrons. The number of benzene rings is 2. The summed E-state index contributed by atoms with van der Waals surface area (Å²) in [5.74, 6) is -0.344. The molecule has 3 aromatic rings. The Labute approximate surface area is 253 Å². The van der Waals surface area contributed by atoms with Crippen LogP contribution < -0.4 is 15.2 Å². The Morgan fingerprint density at radius 2 is 1.93 bits per heavy atom. The molecule has 2 unspecified atom stereocenters. The third-order valence-electron chi connectivity index (χ3n) is 7.78. The van der Waals surface area contributed by atoms with Gasteiger partial charge in [-0.1, -0.05) is 42.8 Å². The number of rotatable bonds is 10. The van der Waals surface area contributed by atoms with E-state index in [1.165, 1.54) is 30.7 Å². The van der Waals surface area contributed by atoms with E-state index in [2.05, 4.69) is 10.1 Å². The third-order valence-corrected chi connectivity index (χ3v) is 9.72. The van der Waals surface area contributed by atoms with Crippen molar-refractivity contribution in [3.05, 3.63) is 69.9 Å². The molecule has 0 spiro atoms. The summed E-state index contributed by atoms with van der Waals surface area (Å²) in [6.45, 7) is 2.36. The molecule has 2 fully saturated rings. The molecule has 2 heterocycles. The Bertz CT molecular complexity index is 1610. The molecule has 0 amide bonds. The molecule has 5 rings (SSSR count). The average molecular weight is 634 g/mol. The molecule has 43 heavy (non-hydrogen) atoms. The number of aromatic nitrogens is 2. The van der Waals surface area contributed by atoms with Gasteiger partial charge in [-0.3, -0.25) is 23.7 Å². The lowest BCUT2D eigenvalue weighted by atomic mass is 9.96. The lowest BCUT2D eigenvalue weighted by molar-refractivity contribution is -0.152. The molecular weight excluding hydrogens is 597 g/mol. The molecular formula is C29H36N3O9PS. The summed E-state index contributed by atoms with van der Waals surface area (Å²) < 4.78 is 38.9. The summed E-state index contributed by atoms with van der Waals surface area (Å²) in [5, 5.41) is 26.3. The summed E-state index contributed by atoms with van der Waals surface area (Å²) >= 11 is 5.21. The third kappa shape index (κ3) is 7.09. The van der Waals surface area contributed by atoms with E-state index in [1.807, 2.05) is 24.3 Å². The fraction of sp³-hybridized carbons (Fsp3) is 0.483. The predicted octanol–water partition coefficient (Wildman–Crippen LogP) is 4.13. The van der Waals surface area contributed by atoms with E-state index in [4.69, 9.17) is 30.7 Å². The van der Waals surface area contributed by atoms with Crippen LogP contribution in [0.5, 0.6) is 5.75 Å². The maximum Gasteiger partial charge on any atom is 0.459 e. The van der Waals surface area contributed by atoms with Gasteiger partial charge in [-0.15, -0.1) is 0 Å². The number of aliphatic hydroxyl groups excluding tert-OH is 1. The summed E-state index contributed by atoms with van der Waals surface area (Å²) in [5.41, 5.74) is -2.30. The van der Waals surface area contributed by atoms with Crippen molar-refractivity contribution in [2.45, 2.75) is 82.1 Å². The van der Waals surface area contributed by atoms with Gasteiger partial charge in [-0.25, -0.2) is 4.57 Å². The number of aliphatic hydroxyl groups is 2. The van der Waals surface area contributed by atoms with Crippen LogP contribution in [0.1, 0.15) is 52.2 Å². The van der Waals surface area contributed by atoms with Gasteiger partial charge in [0.15, 0.2) is 11.0 Å². The molecule has 14 heteroatoms. The number of esters is 1. The molecule has 2 aliphatic rings. The zero-order valence-electron chi connectivity index (χ0n) is 23.9. The second-order valence-electron chi connectivity index (χ2n) is 11.1. The molecule has 6 atom stereocenters. The van der Waals surface area contributed by atoms with Crippen molar-refractivity contribution in [3.8, 4) is 5.75 Å². The van der Waals surface area contributed by atoms with Crippen molar-refractivity contribution in [3.63, 3.8) is 0 Å². The SMILES string of the molecule is C[C@H](NP(=O)(OC[C@H]1O[C@@H](n2ccc(=O)[nH]c2=S)[C@](C)(O)C1O)Oc1cccc2ccccc12)C(=O)OC1CCCCC1. The van der Waals surface area contributed by atoms with Crippen molar-refractivity contribution < 1.29 is 38.1 Å². The van der Waals surface area contributed by atoms with Crippen LogP contribution in [0.3, 0.4) is 0 Å². The summed E-state index contributed by atoms with van der Waals surface area (Å²) in [7, 11) is -4.34. The maximum absolute atomic E-state index is 14.3. The van der Waals surface area contributed by atoms with Gasteiger partial charge < -0.3 is 24.2 Å². The quantitative estimate of drug-likeness (QED) is 0.144. The molecule has 4 N–H and O–H groups in total. The molecule has 0 radical (unpaired) electrons. The first-order valence-electron chi connectivity index (χ1n) is 14.2. The van der Waals surface area contributed by atoms with Gasteiger partial charge in [0.25, 0.3) is 5.56 Å². The van der Waals surface area contributed by atoms with Gasteiger partial charge in [0.1, 0.15) is 35.7 Å². The lowest BCUT2D eigenvalue weighted by Crippen LogP contribution is -2.45. The number of carbonyl (C=O) groups is 1. The van der Waals surface area contributed by atoms with Crippen LogP contribution in [0, 0.1) is 4.77 Å². The number of H-pyrrole nitrogens is 1. The monoisotopic (exact) mass is 633 g/mol. The second-order valence-corrected chi connectivity index (χ2v) is 13.2. The van der Waals surface area contributed by atoms with E-state index in [0.29, 0.717) is 5.39 Å². The molecule has 1 aliphatic carbocycles. The van der Waals surface area contributed by atoms with Crippen LogP contribution in [-0.2, 0) is 23.4 Å². The summed E-state index contributed by atoms with van der Waals surface area (Å²) in [4.78, 5) is 27.0. The standard InChI is InChI=1S/C29H36N3O9PS/c1-18(26(35)39-20-11-4-3-5-12-20)31-42(37,41-22-14-8-10-19-9-6-7-13-21(19)22)38-17-23-25(34)29(2,36)27(40-23)32-16-15-24(33)30-28(32)43/h6-10,13-16,18,20,23,25,27,34,36H,3-5,11-12,17H2,1-2H3,(H,31,37)(H,30,33,43)/t18-,23+,25?,27+,29+,42?/m0/s1. The number of carbonyl (C=O) groups excluding carboxylic acids is 1. The highest BCUT2D eigenvalue weighted by Crippen LogP contribution is 2.48. The van der Waals surface area contributed by atoms with Crippen molar-refractivity contribution in [2.24, 2.45) is 0 Å². The average Bonchev–Trinajstić information content (AvgIpc) is 3.20. The highest BCUT2D eigenvalue weighted by Gasteiger charge is 2.54. The van der Waals surface area contributed by atoms with Crippen molar-refractivity contribution in [1.29, 1.82) is 0 Å². The molecule has 1 saturated heterocycles. The van der Waals surface area contributed by atoms with Gasteiger partial charge >= 0.3 is 13.7 Å². The highest BCUT2D eigenvalue weighted by molar-refractivity contribution is 7.71. The molecule has 2 aromatic carbocycles. The lowest BCUT2D eigenvalue weighted by Gasteiger charge is -2.28. The fourth-order valence-corrected chi connectivity index (χ4v) is 7.17. The van der Waals surface area contributed by atoms with Crippen molar-refractivity contribution in [2.75, 3.05) is 6.61 Å². The topological polar surface area (TPSA) is 161 Å². The van der Waals surface area contributed by atoms with Crippen LogP contribution in [0.2, 0.25) is 0 Å². The minimum atomic E-state index is -4.34. The van der Waals surface area contributed by atoms with Gasteiger partial charge in [-0.05, 0) is 63.2 Å². The zero-order chi connectivity index (χ0) is 30.8. The zero-order valence-corrected chi connectivity index (χ0v) is 25.6. The number of nitrogens with zero attached hydrogens (tertiary/aromatic N) is 1. The van der Waals surface area contributed by atoms with E-state index < -0.39 is 56.0 Å². The smallest absolute Gasteiger partial charge is 0.459 e. The summed E-state index contributed by atoms with van der Waals surface area (Å²) in [6, 6.07) is 12.7. The van der Waals surface area contributed by atoms with Crippen LogP contribution in [0.4, 0.5) is 0 Å². The van der Waals surface area contributed by atoms with E-state index in [-0.39, 0.29) is 16.6 Å². The van der Waals surface area contributed by atoms with E-state index in [0.717, 1.165) is 37.5 Å². The minimum absolute atomic E-state index is 0.0246. The molecule has 1 aromatic heterocycles. The number of aromatic amines is 1. The Morgan fingerprint density at radius 1 is 1.21 bits per heavy atom. The Hall–Kier alpha value is -2.90. The van der Waals surface area contributed by atoms with Crippen LogP contribution >= 0.6 is 20.0 Å². The van der Waals surface area contributed by atoms with E-state index in [1.54, 1.807) is 18.2 Å². The van der Waals surface area contributed by atoms with Gasteiger partial charge in [0, 0.05) is 17.6 Å². The van der Waals surface area contributed by atoms with Gasteiger partial charge in [0.2, 0.25) is 0 Å². The first kappa shape index (κ1) is 31.5. The number of ether oxygens (including phenoxy) is 2. The highest BCUT2D eigenvalue weighted by atomic mass is 32.1. The second kappa shape index (κ2) is 13.0. The summed E-state index contributed by atoms with van der Waals surface area (Å²) in [6.07, 6.45) is 1.84. The predicted molar refractivity (Wildman–Crippen MR) is 160 cm³/mol. The Kier molecular flexibility index (Phi) is 9.52. The van der Waals surface area contributed by atoms with E-state index >= 15 is 0 Å². The van der Waals surface area contributed by atoms with Gasteiger partial charge in [-0.2, -0.15) is 5.09 Å². The van der Waals surface area contributed by atoms with Crippen molar-refractivity contribution >= 4 is 36.7 Å². The normalized spacial score (nSPS) is 26.6. The first-order chi connectivity index (χ1) is 20.5. The molecule has 0 bridgehead atoms. The number of fused-ring (bicyclic) bond motifs is 1. The molecule has 1 aliphatic heterocycles. The fourth-order valence-electron chi connectivity index (χ4n) is 5.40. The molecule has 12 nitrogen and oxygen atoms in total. The Morgan fingerprint density at radius 3 is 2.67 bits per heavy atom. The van der Waals surface area contributed by atoms with Crippen LogP contribution in [0.25, 0.3) is 10.8 Å². The largest absolute Gasteiger partial charge is 0.461 e. The first-order valence-corrected chi connectivity index (χ1v) is 16.2. The van der Waals surface area contributed by atoms with Crippen molar-refractivity contribution in [1.82, 2.24) is 14.6 Å². The minimum Gasteiger partial charge on any atom is -0.461 e. The van der Waals surface area contributed by atoms with Crippen LogP contribution in [-0.4, -0.2) is 62.3 Å². The van der Waals surface area contributed by atoms with Gasteiger partial charge in [0.05, 0.1) is 6.61 Å². The number of hydrogen-bond donors (Lipinski definition) is 4. The van der Waals surface area contributed by atoms with Crippen LogP contribution in [0.15, 0.2) is 59.5 Å². The number of hydrogen-bond acceptors (Lipinski definition) is 10. The maximum atomic E-state index is 14.3. The Balaban J connectivity index is 1.37. The molecule has 1 saturated carbocycles. The number of nitrogens with one attached hydrogen (secondary N) is 2.